The minimum atomic E-state index is -0.145. The van der Waals surface area contributed by atoms with Crippen LogP contribution in [0, 0.1) is 0 Å². The second-order valence-electron chi connectivity index (χ2n) is 4.47. The molecule has 0 aliphatic heterocycles. The van der Waals surface area contributed by atoms with Crippen molar-refractivity contribution in [1.82, 2.24) is 4.98 Å². The van der Waals surface area contributed by atoms with Crippen molar-refractivity contribution >= 4 is 54.1 Å². The quantitative estimate of drug-likeness (QED) is 0.528. The number of azo groups is 1. The van der Waals surface area contributed by atoms with Crippen LogP contribution in [0.15, 0.2) is 61.8 Å². The first-order chi connectivity index (χ1) is 10.6. The van der Waals surface area contributed by atoms with Crippen molar-refractivity contribution in [2.24, 2.45) is 10.2 Å². The van der Waals surface area contributed by atoms with Gasteiger partial charge in [0.2, 0.25) is 0 Å². The van der Waals surface area contributed by atoms with Crippen LogP contribution in [0.1, 0.15) is 0 Å². The largest absolute Gasteiger partial charge is 0.507 e. The van der Waals surface area contributed by atoms with Gasteiger partial charge in [0, 0.05) is 27.5 Å². The molecule has 3 aromatic rings. The lowest BCUT2D eigenvalue weighted by Gasteiger charge is -2.06. The molecule has 0 fully saturated rings. The molecule has 0 amide bonds. The Bertz CT molecular complexity index is 897. The summed E-state index contributed by atoms with van der Waals surface area (Å²) < 4.78 is 1.49. The summed E-state index contributed by atoms with van der Waals surface area (Å²) in [5.41, 5.74) is 0.282. The highest BCUT2D eigenvalue weighted by atomic mass is 79.9. The Labute approximate surface area is 142 Å². The third-order valence-corrected chi connectivity index (χ3v) is 4.02. The smallest absolute Gasteiger partial charge is 0.188 e. The fourth-order valence-corrected chi connectivity index (χ4v) is 3.08. The molecule has 1 aromatic heterocycles. The monoisotopic (exact) mass is 421 g/mol. The standard InChI is InChI=1S/C15H9Br2N3O2/c16-8-5-11(17)15(18-7-8)20-19-14-10-4-2-1-3-9(10)12(21)6-13(14)22/h1-7,21-22H. The zero-order valence-corrected chi connectivity index (χ0v) is 14.2. The zero-order chi connectivity index (χ0) is 15.7. The molecule has 2 aromatic carbocycles. The summed E-state index contributed by atoms with van der Waals surface area (Å²) >= 11 is 6.66. The Kier molecular flexibility index (Phi) is 4.08. The molecule has 5 nitrogen and oxygen atoms in total. The molecule has 0 saturated carbocycles. The fraction of sp³-hybridized carbons (Fsp3) is 0. The maximum absolute atomic E-state index is 10.0. The van der Waals surface area contributed by atoms with Crippen molar-refractivity contribution in [3.8, 4) is 11.5 Å². The van der Waals surface area contributed by atoms with Crippen LogP contribution in [0.25, 0.3) is 10.8 Å². The van der Waals surface area contributed by atoms with Gasteiger partial charge in [0.05, 0.1) is 4.47 Å². The fourth-order valence-electron chi connectivity index (χ4n) is 2.01. The summed E-state index contributed by atoms with van der Waals surface area (Å²) in [5.74, 6) is 0.239. The molecule has 22 heavy (non-hydrogen) atoms. The predicted octanol–water partition coefficient (Wildman–Crippen LogP) is 5.59. The maximum Gasteiger partial charge on any atom is 0.188 e. The highest BCUT2D eigenvalue weighted by Crippen LogP contribution is 2.41. The van der Waals surface area contributed by atoms with E-state index in [1.54, 1.807) is 36.5 Å². The van der Waals surface area contributed by atoms with Gasteiger partial charge in [0.15, 0.2) is 5.82 Å². The van der Waals surface area contributed by atoms with Crippen LogP contribution in [0.3, 0.4) is 0 Å². The number of nitrogens with zero attached hydrogens (tertiary/aromatic N) is 3. The number of halogens is 2. The molecule has 0 bridgehead atoms. The number of hydrogen-bond donors (Lipinski definition) is 2. The highest BCUT2D eigenvalue weighted by Gasteiger charge is 2.11. The maximum atomic E-state index is 10.0. The van der Waals surface area contributed by atoms with Gasteiger partial charge in [0.1, 0.15) is 17.2 Å². The zero-order valence-electron chi connectivity index (χ0n) is 11.0. The molecule has 0 atom stereocenters. The number of rotatable bonds is 2. The Hall–Kier alpha value is -1.99. The van der Waals surface area contributed by atoms with Crippen molar-refractivity contribution in [2.45, 2.75) is 0 Å². The predicted molar refractivity (Wildman–Crippen MR) is 91.1 cm³/mol. The van der Waals surface area contributed by atoms with E-state index < -0.39 is 0 Å². The van der Waals surface area contributed by atoms with Crippen LogP contribution >= 0.6 is 31.9 Å². The van der Waals surface area contributed by atoms with Gasteiger partial charge in [-0.15, -0.1) is 10.2 Å². The van der Waals surface area contributed by atoms with Gasteiger partial charge in [-0.1, -0.05) is 24.3 Å². The van der Waals surface area contributed by atoms with E-state index in [9.17, 15) is 10.2 Å². The summed E-state index contributed by atoms with van der Waals surface area (Å²) in [7, 11) is 0. The summed E-state index contributed by atoms with van der Waals surface area (Å²) in [4.78, 5) is 4.13. The molecule has 0 spiro atoms. The number of hydrogen-bond acceptors (Lipinski definition) is 5. The van der Waals surface area contributed by atoms with Crippen molar-refractivity contribution in [2.75, 3.05) is 0 Å². The van der Waals surface area contributed by atoms with Crippen molar-refractivity contribution in [3.05, 3.63) is 51.5 Å². The Morgan fingerprint density at radius 2 is 1.64 bits per heavy atom. The molecular formula is C15H9Br2N3O2. The number of fused-ring (bicyclic) bond motifs is 1. The van der Waals surface area contributed by atoms with Crippen LogP contribution in [-0.2, 0) is 0 Å². The minimum absolute atomic E-state index is 0.00463. The molecule has 1 heterocycles. The average Bonchev–Trinajstić information content (AvgIpc) is 2.49. The average molecular weight is 423 g/mol. The van der Waals surface area contributed by atoms with E-state index in [0.29, 0.717) is 21.1 Å². The molecular weight excluding hydrogens is 414 g/mol. The normalized spacial score (nSPS) is 11.4. The number of pyridine rings is 1. The Balaban J connectivity index is 2.12. The second kappa shape index (κ2) is 6.02. The first-order valence-electron chi connectivity index (χ1n) is 6.22. The molecule has 7 heteroatoms. The lowest BCUT2D eigenvalue weighted by Crippen LogP contribution is -1.78. The van der Waals surface area contributed by atoms with Crippen LogP contribution < -0.4 is 0 Å². The van der Waals surface area contributed by atoms with E-state index in [-0.39, 0.29) is 17.2 Å². The van der Waals surface area contributed by atoms with Gasteiger partial charge < -0.3 is 10.2 Å². The molecule has 0 radical (unpaired) electrons. The number of aromatic hydroxyl groups is 2. The van der Waals surface area contributed by atoms with Gasteiger partial charge in [-0.25, -0.2) is 4.98 Å². The highest BCUT2D eigenvalue weighted by molar-refractivity contribution is 9.11. The lowest BCUT2D eigenvalue weighted by molar-refractivity contribution is 0.456. The second-order valence-corrected chi connectivity index (χ2v) is 6.24. The molecule has 0 unspecified atom stereocenters. The third kappa shape index (κ3) is 2.82. The minimum Gasteiger partial charge on any atom is -0.507 e. The van der Waals surface area contributed by atoms with Gasteiger partial charge in [-0.3, -0.25) is 0 Å². The molecule has 110 valence electrons. The summed E-state index contributed by atoms with van der Waals surface area (Å²) in [6.45, 7) is 0. The van der Waals surface area contributed by atoms with Gasteiger partial charge in [-0.2, -0.15) is 0 Å². The van der Waals surface area contributed by atoms with E-state index in [1.165, 1.54) is 6.07 Å². The van der Waals surface area contributed by atoms with E-state index in [2.05, 4.69) is 47.1 Å². The topological polar surface area (TPSA) is 78.1 Å². The molecule has 2 N–H and O–H groups in total. The molecule has 0 aliphatic carbocycles. The third-order valence-electron chi connectivity index (χ3n) is 3.01. The Morgan fingerprint density at radius 1 is 0.909 bits per heavy atom. The van der Waals surface area contributed by atoms with E-state index in [0.717, 1.165) is 4.47 Å². The summed E-state index contributed by atoms with van der Waals surface area (Å²) in [6, 6.07) is 10.2. The number of aromatic nitrogens is 1. The van der Waals surface area contributed by atoms with Crippen LogP contribution in [0.5, 0.6) is 11.5 Å². The van der Waals surface area contributed by atoms with Gasteiger partial charge >= 0.3 is 0 Å². The first kappa shape index (κ1) is 14.9. The SMILES string of the molecule is Oc1cc(O)c2ccccc2c1N=Nc1ncc(Br)cc1Br. The summed E-state index contributed by atoms with van der Waals surface area (Å²) in [5, 5.41) is 29.3. The number of phenols is 2. The van der Waals surface area contributed by atoms with Crippen LogP contribution in [-0.4, -0.2) is 15.2 Å². The number of phenolic OH excluding ortho intramolecular Hbond substituents is 2. The van der Waals surface area contributed by atoms with E-state index >= 15 is 0 Å². The molecule has 3 rings (SSSR count). The lowest BCUT2D eigenvalue weighted by atomic mass is 10.1. The van der Waals surface area contributed by atoms with Crippen LogP contribution in [0.2, 0.25) is 0 Å². The Morgan fingerprint density at radius 3 is 2.36 bits per heavy atom. The summed E-state index contributed by atoms with van der Waals surface area (Å²) in [6.07, 6.45) is 1.61. The molecule has 0 saturated heterocycles. The van der Waals surface area contributed by atoms with Crippen LogP contribution in [0.4, 0.5) is 11.5 Å². The first-order valence-corrected chi connectivity index (χ1v) is 7.81. The molecule has 0 aliphatic rings. The van der Waals surface area contributed by atoms with Gasteiger partial charge in [-0.05, 0) is 37.9 Å². The van der Waals surface area contributed by atoms with Crippen molar-refractivity contribution in [3.63, 3.8) is 0 Å². The van der Waals surface area contributed by atoms with Gasteiger partial charge in [0.25, 0.3) is 0 Å². The number of benzene rings is 2. The van der Waals surface area contributed by atoms with E-state index in [4.69, 9.17) is 0 Å². The van der Waals surface area contributed by atoms with Crippen molar-refractivity contribution < 1.29 is 10.2 Å². The van der Waals surface area contributed by atoms with E-state index in [1.807, 2.05) is 0 Å². The van der Waals surface area contributed by atoms with Crippen molar-refractivity contribution in [1.29, 1.82) is 0 Å².